The second kappa shape index (κ2) is 13.0. The van der Waals surface area contributed by atoms with Gasteiger partial charge in [-0.15, -0.1) is 24.0 Å². The highest BCUT2D eigenvalue weighted by atomic mass is 127. The zero-order valence-electron chi connectivity index (χ0n) is 16.5. The molecule has 0 aromatic heterocycles. The number of nitrogens with one attached hydrogen (secondary N) is 2. The molecule has 1 heterocycles. The third-order valence-electron chi connectivity index (χ3n) is 4.55. The topological polar surface area (TPSA) is 42.9 Å². The third-order valence-corrected chi connectivity index (χ3v) is 5.14. The summed E-state index contributed by atoms with van der Waals surface area (Å²) in [6.07, 6.45) is 0. The van der Waals surface area contributed by atoms with Crippen molar-refractivity contribution < 1.29 is 0 Å². The Bertz CT molecular complexity index is 591. The molecular weight excluding hydrogens is 496 g/mol. The molecule has 1 aliphatic heterocycles. The van der Waals surface area contributed by atoms with Crippen LogP contribution in [0.5, 0.6) is 0 Å². The Morgan fingerprint density at radius 2 is 1.89 bits per heavy atom. The molecular formula is C19H32Cl2IN5. The van der Waals surface area contributed by atoms with Crippen LogP contribution in [-0.4, -0.2) is 68.6 Å². The van der Waals surface area contributed by atoms with E-state index in [0.717, 1.165) is 57.3 Å². The van der Waals surface area contributed by atoms with Crippen molar-refractivity contribution in [2.45, 2.75) is 20.4 Å². The summed E-state index contributed by atoms with van der Waals surface area (Å²) in [5.41, 5.74) is 0.971. The van der Waals surface area contributed by atoms with Crippen molar-refractivity contribution in [3.63, 3.8) is 0 Å². The van der Waals surface area contributed by atoms with Gasteiger partial charge in [0.1, 0.15) is 0 Å². The number of hydrogen-bond donors (Lipinski definition) is 2. The van der Waals surface area contributed by atoms with Crippen molar-refractivity contribution in [3.8, 4) is 0 Å². The molecule has 0 bridgehead atoms. The van der Waals surface area contributed by atoms with Crippen LogP contribution < -0.4 is 10.6 Å². The number of likely N-dealkylation sites (N-methyl/N-ethyl adjacent to an activating group) is 1. The van der Waals surface area contributed by atoms with Crippen molar-refractivity contribution in [2.75, 3.05) is 52.9 Å². The number of halogens is 3. The Labute approximate surface area is 190 Å². The molecule has 2 rings (SSSR count). The zero-order valence-corrected chi connectivity index (χ0v) is 20.3. The number of aliphatic imine (C=N–C) groups is 1. The minimum atomic E-state index is 0. The molecule has 154 valence electrons. The lowest BCUT2D eigenvalue weighted by Crippen LogP contribution is -2.47. The van der Waals surface area contributed by atoms with Gasteiger partial charge in [0, 0.05) is 55.9 Å². The Hall–Kier alpha value is -0.280. The van der Waals surface area contributed by atoms with Crippen LogP contribution in [0.25, 0.3) is 0 Å². The summed E-state index contributed by atoms with van der Waals surface area (Å²) in [4.78, 5) is 9.58. The Balaban J connectivity index is 0.00000364. The van der Waals surface area contributed by atoms with Gasteiger partial charge in [0.15, 0.2) is 5.96 Å². The zero-order chi connectivity index (χ0) is 18.9. The number of rotatable bonds is 7. The van der Waals surface area contributed by atoms with Gasteiger partial charge in [-0.25, -0.2) is 4.99 Å². The molecule has 1 atom stereocenters. The van der Waals surface area contributed by atoms with Crippen LogP contribution in [0.1, 0.15) is 19.4 Å². The molecule has 0 saturated carbocycles. The molecule has 0 radical (unpaired) electrons. The molecule has 1 unspecified atom stereocenters. The van der Waals surface area contributed by atoms with E-state index in [2.05, 4.69) is 46.3 Å². The average Bonchev–Trinajstić information content (AvgIpc) is 2.60. The van der Waals surface area contributed by atoms with Gasteiger partial charge in [0.05, 0.1) is 6.54 Å². The molecule has 8 heteroatoms. The summed E-state index contributed by atoms with van der Waals surface area (Å²) in [6.45, 7) is 12.3. The van der Waals surface area contributed by atoms with E-state index in [-0.39, 0.29) is 24.0 Å². The number of piperazine rings is 1. The van der Waals surface area contributed by atoms with Crippen molar-refractivity contribution in [2.24, 2.45) is 10.9 Å². The Kier molecular flexibility index (Phi) is 12.0. The monoisotopic (exact) mass is 527 g/mol. The molecule has 1 aliphatic rings. The average molecular weight is 528 g/mol. The highest BCUT2D eigenvalue weighted by molar-refractivity contribution is 14.0. The molecule has 1 fully saturated rings. The first-order chi connectivity index (χ1) is 12.5. The summed E-state index contributed by atoms with van der Waals surface area (Å²) < 4.78 is 0. The van der Waals surface area contributed by atoms with Crippen LogP contribution in [-0.2, 0) is 6.54 Å². The van der Waals surface area contributed by atoms with E-state index in [1.807, 2.05) is 12.1 Å². The van der Waals surface area contributed by atoms with Gasteiger partial charge in [0.25, 0.3) is 0 Å². The lowest BCUT2D eigenvalue weighted by atomic mass is 10.1. The standard InChI is InChI=1S/C19H31Cl2N5.HI/c1-4-22-19(24-13-16-5-6-17(20)11-18(16)21)23-12-15(2)14-26-9-7-25(3)8-10-26;/h5-6,11,15H,4,7-10,12-14H2,1-3H3,(H2,22,23,24);1H. The van der Waals surface area contributed by atoms with Crippen LogP contribution in [0.4, 0.5) is 0 Å². The Morgan fingerprint density at radius 1 is 1.19 bits per heavy atom. The minimum Gasteiger partial charge on any atom is -0.357 e. The van der Waals surface area contributed by atoms with E-state index in [1.54, 1.807) is 6.07 Å². The maximum absolute atomic E-state index is 6.23. The Morgan fingerprint density at radius 3 is 2.52 bits per heavy atom. The van der Waals surface area contributed by atoms with Crippen molar-refractivity contribution in [1.82, 2.24) is 20.4 Å². The normalized spacial score (nSPS) is 17.3. The second-order valence-electron chi connectivity index (χ2n) is 7.02. The van der Waals surface area contributed by atoms with E-state index in [1.165, 1.54) is 0 Å². The predicted molar refractivity (Wildman–Crippen MR) is 128 cm³/mol. The van der Waals surface area contributed by atoms with Crippen molar-refractivity contribution >= 4 is 53.1 Å². The summed E-state index contributed by atoms with van der Waals surface area (Å²) >= 11 is 12.2. The summed E-state index contributed by atoms with van der Waals surface area (Å²) in [6, 6.07) is 5.52. The summed E-state index contributed by atoms with van der Waals surface area (Å²) in [7, 11) is 2.19. The fraction of sp³-hybridized carbons (Fsp3) is 0.632. The molecule has 5 nitrogen and oxygen atoms in total. The lowest BCUT2D eigenvalue weighted by molar-refractivity contribution is 0.139. The molecule has 0 spiro atoms. The maximum Gasteiger partial charge on any atom is 0.191 e. The van der Waals surface area contributed by atoms with Crippen LogP contribution in [0.2, 0.25) is 10.0 Å². The summed E-state index contributed by atoms with van der Waals surface area (Å²) in [5, 5.41) is 8.05. The van der Waals surface area contributed by atoms with Gasteiger partial charge in [0.2, 0.25) is 0 Å². The van der Waals surface area contributed by atoms with Gasteiger partial charge in [-0.05, 0) is 37.6 Å². The fourth-order valence-electron chi connectivity index (χ4n) is 2.96. The van der Waals surface area contributed by atoms with Crippen LogP contribution >= 0.6 is 47.2 Å². The quantitative estimate of drug-likeness (QED) is 0.323. The highest BCUT2D eigenvalue weighted by Crippen LogP contribution is 2.21. The van der Waals surface area contributed by atoms with Gasteiger partial charge in [-0.2, -0.15) is 0 Å². The van der Waals surface area contributed by atoms with E-state index in [9.17, 15) is 0 Å². The lowest BCUT2D eigenvalue weighted by Gasteiger charge is -2.34. The number of guanidine groups is 1. The van der Waals surface area contributed by atoms with Crippen LogP contribution in [0.3, 0.4) is 0 Å². The first kappa shape index (κ1) is 24.8. The number of benzene rings is 1. The van der Waals surface area contributed by atoms with Gasteiger partial charge >= 0.3 is 0 Å². The van der Waals surface area contributed by atoms with Crippen LogP contribution in [0, 0.1) is 5.92 Å². The first-order valence-electron chi connectivity index (χ1n) is 9.35. The molecule has 1 aromatic rings. The van der Waals surface area contributed by atoms with Gasteiger partial charge < -0.3 is 20.4 Å². The van der Waals surface area contributed by atoms with E-state index in [4.69, 9.17) is 23.2 Å². The van der Waals surface area contributed by atoms with E-state index in [0.29, 0.717) is 22.5 Å². The number of hydrogen-bond acceptors (Lipinski definition) is 3. The molecule has 0 amide bonds. The largest absolute Gasteiger partial charge is 0.357 e. The van der Waals surface area contributed by atoms with Gasteiger partial charge in [-0.3, -0.25) is 0 Å². The molecule has 1 aromatic carbocycles. The highest BCUT2D eigenvalue weighted by Gasteiger charge is 2.16. The van der Waals surface area contributed by atoms with Crippen LogP contribution in [0.15, 0.2) is 23.2 Å². The predicted octanol–water partition coefficient (Wildman–Crippen LogP) is 3.55. The SMILES string of the molecule is CCNC(=NCc1ccc(Cl)cc1Cl)NCC(C)CN1CCN(C)CC1.I. The second-order valence-corrected chi connectivity index (χ2v) is 7.86. The maximum atomic E-state index is 6.23. The van der Waals surface area contributed by atoms with Gasteiger partial charge in [-0.1, -0.05) is 36.2 Å². The smallest absolute Gasteiger partial charge is 0.191 e. The third kappa shape index (κ3) is 9.17. The molecule has 0 aliphatic carbocycles. The number of nitrogens with zero attached hydrogens (tertiary/aromatic N) is 3. The summed E-state index contributed by atoms with van der Waals surface area (Å²) in [5.74, 6) is 1.38. The molecule has 27 heavy (non-hydrogen) atoms. The molecule has 1 saturated heterocycles. The minimum absolute atomic E-state index is 0. The molecule has 2 N–H and O–H groups in total. The van der Waals surface area contributed by atoms with E-state index < -0.39 is 0 Å². The van der Waals surface area contributed by atoms with Crippen molar-refractivity contribution in [1.29, 1.82) is 0 Å². The first-order valence-corrected chi connectivity index (χ1v) is 10.1. The fourth-order valence-corrected chi connectivity index (χ4v) is 3.43. The van der Waals surface area contributed by atoms with E-state index >= 15 is 0 Å². The van der Waals surface area contributed by atoms with Crippen molar-refractivity contribution in [3.05, 3.63) is 33.8 Å².